The van der Waals surface area contributed by atoms with E-state index in [4.69, 9.17) is 9.84 Å². The molecule has 2 atom stereocenters. The molecule has 2 N–H and O–H groups in total. The molecular formula is C11H13NO5. The number of fused-ring (bicyclic) bond motifs is 1. The van der Waals surface area contributed by atoms with Crippen LogP contribution < -0.4 is 0 Å². The monoisotopic (exact) mass is 239 g/mol. The van der Waals surface area contributed by atoms with Crippen molar-refractivity contribution in [2.75, 3.05) is 6.61 Å². The van der Waals surface area contributed by atoms with Gasteiger partial charge in [-0.05, 0) is 6.08 Å². The number of aliphatic carboxylic acids is 1. The highest BCUT2D eigenvalue weighted by Gasteiger charge is 2.64. The fourth-order valence-corrected chi connectivity index (χ4v) is 2.31. The molecular weight excluding hydrogens is 226 g/mol. The number of aliphatic hydroxyl groups excluding tert-OH is 1. The maximum absolute atomic E-state index is 11.5. The number of carbonyl (C=O) groups is 2. The molecule has 2 rings (SSSR count). The lowest BCUT2D eigenvalue weighted by Gasteiger charge is -2.40. The smallest absolute Gasteiger partial charge is 0.338 e. The van der Waals surface area contributed by atoms with Gasteiger partial charge < -0.3 is 14.9 Å². The third kappa shape index (κ3) is 1.37. The van der Waals surface area contributed by atoms with Gasteiger partial charge in [0.25, 0.3) is 0 Å². The van der Waals surface area contributed by atoms with Gasteiger partial charge in [-0.15, -0.1) is 6.58 Å². The van der Waals surface area contributed by atoms with Crippen molar-refractivity contribution >= 4 is 11.9 Å². The van der Waals surface area contributed by atoms with Gasteiger partial charge in [0.05, 0.1) is 13.0 Å². The summed E-state index contributed by atoms with van der Waals surface area (Å²) in [6.45, 7) is 3.17. The van der Waals surface area contributed by atoms with E-state index in [1.165, 1.54) is 17.1 Å². The molecule has 0 aliphatic carbocycles. The van der Waals surface area contributed by atoms with Crippen molar-refractivity contribution in [2.45, 2.75) is 24.6 Å². The van der Waals surface area contributed by atoms with Crippen molar-refractivity contribution < 1.29 is 24.5 Å². The van der Waals surface area contributed by atoms with Crippen LogP contribution in [0.1, 0.15) is 12.8 Å². The third-order valence-electron chi connectivity index (χ3n) is 3.06. The van der Waals surface area contributed by atoms with Gasteiger partial charge >= 0.3 is 5.97 Å². The Balaban J connectivity index is 2.48. The van der Waals surface area contributed by atoms with Crippen LogP contribution in [-0.2, 0) is 14.3 Å². The van der Waals surface area contributed by atoms with E-state index in [0.29, 0.717) is 0 Å². The minimum Gasteiger partial charge on any atom is -0.479 e. The second-order valence-corrected chi connectivity index (χ2v) is 3.95. The fraction of sp³-hybridized carbons (Fsp3) is 0.455. The summed E-state index contributed by atoms with van der Waals surface area (Å²) in [5.74, 6) is -1.32. The van der Waals surface area contributed by atoms with Crippen molar-refractivity contribution in [2.24, 2.45) is 0 Å². The summed E-state index contributed by atoms with van der Waals surface area (Å²) >= 11 is 0. The topological polar surface area (TPSA) is 87.1 Å². The first-order chi connectivity index (χ1) is 8.07. The van der Waals surface area contributed by atoms with Crippen molar-refractivity contribution in [1.29, 1.82) is 0 Å². The van der Waals surface area contributed by atoms with Crippen molar-refractivity contribution in [3.63, 3.8) is 0 Å². The van der Waals surface area contributed by atoms with Gasteiger partial charge in [-0.3, -0.25) is 9.69 Å². The lowest BCUT2D eigenvalue weighted by molar-refractivity contribution is -0.170. The molecule has 2 fully saturated rings. The number of hydrogen-bond acceptors (Lipinski definition) is 4. The number of rotatable bonds is 4. The van der Waals surface area contributed by atoms with Gasteiger partial charge in [0.1, 0.15) is 5.76 Å². The molecule has 0 unspecified atom stereocenters. The van der Waals surface area contributed by atoms with Crippen LogP contribution in [0.25, 0.3) is 0 Å². The van der Waals surface area contributed by atoms with E-state index >= 15 is 0 Å². The number of β-lactam (4-membered cyclic amide) rings is 1. The molecule has 2 saturated heterocycles. The van der Waals surface area contributed by atoms with Crippen LogP contribution in [0.5, 0.6) is 0 Å². The molecule has 2 aliphatic rings. The lowest BCUT2D eigenvalue weighted by atomic mass is 9.88. The van der Waals surface area contributed by atoms with Crippen LogP contribution in [0, 0.1) is 0 Å². The lowest BCUT2D eigenvalue weighted by Crippen LogP contribution is -2.62. The Labute approximate surface area is 97.8 Å². The van der Waals surface area contributed by atoms with Crippen LogP contribution in [0.2, 0.25) is 0 Å². The molecule has 1 amide bonds. The molecule has 0 spiro atoms. The van der Waals surface area contributed by atoms with E-state index in [1.54, 1.807) is 0 Å². The summed E-state index contributed by atoms with van der Waals surface area (Å²) < 4.78 is 5.38. The molecule has 0 aromatic heterocycles. The number of hydrogen-bond donors (Lipinski definition) is 2. The zero-order valence-electron chi connectivity index (χ0n) is 9.13. The number of ether oxygens (including phenoxy) is 1. The second kappa shape index (κ2) is 3.89. The Bertz CT molecular complexity index is 416. The van der Waals surface area contributed by atoms with Crippen LogP contribution in [-0.4, -0.2) is 45.4 Å². The Morgan fingerprint density at radius 2 is 2.41 bits per heavy atom. The van der Waals surface area contributed by atoms with Gasteiger partial charge in [-0.2, -0.15) is 0 Å². The summed E-state index contributed by atoms with van der Waals surface area (Å²) in [6, 6.07) is 0. The van der Waals surface area contributed by atoms with E-state index in [9.17, 15) is 14.7 Å². The van der Waals surface area contributed by atoms with Crippen LogP contribution in [0.15, 0.2) is 24.5 Å². The van der Waals surface area contributed by atoms with E-state index in [-0.39, 0.29) is 31.1 Å². The SMILES string of the molecule is C=CC[C@]1(C(=O)O)/C(=C/CO)O[C@@H]2CC(=O)N21. The molecule has 0 bridgehead atoms. The summed E-state index contributed by atoms with van der Waals surface area (Å²) in [5, 5.41) is 18.3. The molecule has 0 aromatic carbocycles. The Kier molecular flexibility index (Phi) is 2.66. The predicted octanol–water partition coefficient (Wildman–Crippen LogP) is -0.149. The zero-order valence-corrected chi connectivity index (χ0v) is 9.13. The molecule has 92 valence electrons. The summed E-state index contributed by atoms with van der Waals surface area (Å²) in [4.78, 5) is 24.2. The first-order valence-corrected chi connectivity index (χ1v) is 5.22. The molecule has 6 nitrogen and oxygen atoms in total. The van der Waals surface area contributed by atoms with Crippen molar-refractivity contribution in [1.82, 2.24) is 4.90 Å². The third-order valence-corrected chi connectivity index (χ3v) is 3.06. The Morgan fingerprint density at radius 3 is 2.88 bits per heavy atom. The minimum atomic E-state index is -1.54. The highest BCUT2D eigenvalue weighted by Crippen LogP contribution is 2.46. The largest absolute Gasteiger partial charge is 0.479 e. The quantitative estimate of drug-likeness (QED) is 0.526. The van der Waals surface area contributed by atoms with Gasteiger partial charge in [0, 0.05) is 6.42 Å². The van der Waals surface area contributed by atoms with Crippen molar-refractivity contribution in [3.05, 3.63) is 24.5 Å². The van der Waals surface area contributed by atoms with Gasteiger partial charge in [0.15, 0.2) is 6.23 Å². The van der Waals surface area contributed by atoms with Gasteiger partial charge in [0.2, 0.25) is 11.4 Å². The predicted molar refractivity (Wildman–Crippen MR) is 56.7 cm³/mol. The molecule has 0 aromatic rings. The molecule has 2 aliphatic heterocycles. The van der Waals surface area contributed by atoms with Crippen molar-refractivity contribution in [3.8, 4) is 0 Å². The van der Waals surface area contributed by atoms with E-state index < -0.39 is 17.7 Å². The summed E-state index contributed by atoms with van der Waals surface area (Å²) in [7, 11) is 0. The maximum Gasteiger partial charge on any atom is 0.338 e. The molecule has 17 heavy (non-hydrogen) atoms. The maximum atomic E-state index is 11.5. The van der Waals surface area contributed by atoms with E-state index in [1.807, 2.05) is 0 Å². The zero-order chi connectivity index (χ0) is 12.6. The fourth-order valence-electron chi connectivity index (χ4n) is 2.31. The highest BCUT2D eigenvalue weighted by atomic mass is 16.5. The molecule has 0 saturated carbocycles. The average Bonchev–Trinajstić information content (AvgIpc) is 2.49. The number of nitrogens with zero attached hydrogens (tertiary/aromatic N) is 1. The van der Waals surface area contributed by atoms with E-state index in [2.05, 4.69) is 6.58 Å². The second-order valence-electron chi connectivity index (χ2n) is 3.95. The van der Waals surface area contributed by atoms with Gasteiger partial charge in [-0.1, -0.05) is 6.08 Å². The average molecular weight is 239 g/mol. The Morgan fingerprint density at radius 1 is 1.71 bits per heavy atom. The van der Waals surface area contributed by atoms with Gasteiger partial charge in [-0.25, -0.2) is 4.79 Å². The number of carbonyl (C=O) groups excluding carboxylic acids is 1. The number of amides is 1. The van der Waals surface area contributed by atoms with Crippen LogP contribution in [0.3, 0.4) is 0 Å². The number of carboxylic acid groups (broad SMARTS) is 1. The minimum absolute atomic E-state index is 0.0520. The normalized spacial score (nSPS) is 33.0. The number of carboxylic acids is 1. The first-order valence-electron chi connectivity index (χ1n) is 5.22. The Hall–Kier alpha value is -1.82. The molecule has 6 heteroatoms. The molecule has 0 radical (unpaired) electrons. The summed E-state index contributed by atoms with van der Waals surface area (Å²) in [5.41, 5.74) is -1.54. The summed E-state index contributed by atoms with van der Waals surface area (Å²) in [6.07, 6.45) is 2.40. The first kappa shape index (κ1) is 11.7. The standard InChI is InChI=1S/C11H13NO5/c1-2-4-11(10(15)16)7(3-5-13)17-9-6-8(14)12(9)11/h2-3,9,13H,1,4-6H2,(H,15,16)/b7-3-/t9-,11-/m1/s1. The number of aliphatic hydroxyl groups is 1. The van der Waals surface area contributed by atoms with E-state index in [0.717, 1.165) is 0 Å². The molecule has 2 heterocycles. The van der Waals surface area contributed by atoms with Crippen LogP contribution in [0.4, 0.5) is 0 Å². The van der Waals surface area contributed by atoms with Crippen LogP contribution >= 0.6 is 0 Å². The highest BCUT2D eigenvalue weighted by molar-refractivity contribution is 5.94.